The summed E-state index contributed by atoms with van der Waals surface area (Å²) >= 11 is 0. The summed E-state index contributed by atoms with van der Waals surface area (Å²) in [4.78, 5) is 14.5. The Morgan fingerprint density at radius 1 is 1.24 bits per heavy atom. The van der Waals surface area contributed by atoms with E-state index in [0.717, 1.165) is 22.2 Å². The number of carbonyl (C=O) groups excluding carboxylic acids is 1. The quantitative estimate of drug-likeness (QED) is 0.686. The molecule has 144 valence electrons. The Bertz CT molecular complexity index is 1190. The van der Waals surface area contributed by atoms with Crippen molar-refractivity contribution in [3.63, 3.8) is 0 Å². The van der Waals surface area contributed by atoms with Gasteiger partial charge in [-0.1, -0.05) is 12.1 Å². The van der Waals surface area contributed by atoms with Gasteiger partial charge in [-0.25, -0.2) is 4.52 Å². The zero-order valence-electron chi connectivity index (χ0n) is 16.2. The fourth-order valence-electron chi connectivity index (χ4n) is 3.56. The Morgan fingerprint density at radius 3 is 2.72 bits per heavy atom. The van der Waals surface area contributed by atoms with Gasteiger partial charge in [-0.3, -0.25) is 4.79 Å². The number of nitrogens with zero attached hydrogens (tertiary/aromatic N) is 5. The molecule has 1 saturated heterocycles. The van der Waals surface area contributed by atoms with Crippen LogP contribution in [0.5, 0.6) is 11.5 Å². The summed E-state index contributed by atoms with van der Waals surface area (Å²) in [6, 6.07) is 11.8. The smallest absolute Gasteiger partial charge is 0.255 e. The molecule has 1 aliphatic rings. The third kappa shape index (κ3) is 3.28. The maximum absolute atomic E-state index is 12.8. The van der Waals surface area contributed by atoms with Crippen LogP contribution in [0.25, 0.3) is 5.52 Å². The van der Waals surface area contributed by atoms with Gasteiger partial charge >= 0.3 is 0 Å². The summed E-state index contributed by atoms with van der Waals surface area (Å²) in [6.45, 7) is 4.74. The maximum Gasteiger partial charge on any atom is 0.255 e. The van der Waals surface area contributed by atoms with Gasteiger partial charge in [0.1, 0.15) is 11.3 Å². The molecule has 2 aromatic heterocycles. The molecule has 0 spiro atoms. The molecule has 0 atom stereocenters. The minimum Gasteiger partial charge on any atom is -0.455 e. The predicted octanol–water partition coefficient (Wildman–Crippen LogP) is 3.41. The van der Waals surface area contributed by atoms with Gasteiger partial charge in [0.15, 0.2) is 5.75 Å². The Hall–Kier alpha value is -3.84. The van der Waals surface area contributed by atoms with Crippen molar-refractivity contribution in [1.82, 2.24) is 14.5 Å². The van der Waals surface area contributed by atoms with Crippen molar-refractivity contribution in [2.75, 3.05) is 13.1 Å². The highest BCUT2D eigenvalue weighted by Crippen LogP contribution is 2.33. The number of aromatic nitrogens is 2. The fourth-order valence-corrected chi connectivity index (χ4v) is 3.56. The summed E-state index contributed by atoms with van der Waals surface area (Å²) in [5.74, 6) is 1.11. The molecule has 0 saturated carbocycles. The molecule has 29 heavy (non-hydrogen) atoms. The number of aryl methyl sites for hydroxylation is 2. The molecule has 1 amide bonds. The summed E-state index contributed by atoms with van der Waals surface area (Å²) < 4.78 is 7.80. The molecule has 3 heterocycles. The minimum absolute atomic E-state index is 0.0831. The summed E-state index contributed by atoms with van der Waals surface area (Å²) in [5, 5.41) is 22.1. The van der Waals surface area contributed by atoms with E-state index in [2.05, 4.69) is 17.2 Å². The van der Waals surface area contributed by atoms with E-state index in [4.69, 9.17) is 15.3 Å². The van der Waals surface area contributed by atoms with Crippen LogP contribution in [-0.2, 0) is 6.42 Å². The van der Waals surface area contributed by atoms with E-state index in [-0.39, 0.29) is 11.8 Å². The Kier molecular flexibility index (Phi) is 4.66. The van der Waals surface area contributed by atoms with Gasteiger partial charge in [0.25, 0.3) is 5.91 Å². The number of fused-ring (bicyclic) bond motifs is 1. The van der Waals surface area contributed by atoms with Gasteiger partial charge in [0.2, 0.25) is 0 Å². The number of ether oxygens (including phenoxy) is 1. The zero-order valence-corrected chi connectivity index (χ0v) is 16.2. The van der Waals surface area contributed by atoms with Crippen LogP contribution in [0.2, 0.25) is 0 Å². The van der Waals surface area contributed by atoms with Crippen LogP contribution in [-0.4, -0.2) is 33.5 Å². The molecule has 3 aromatic rings. The number of hydrogen-bond acceptors (Lipinski definition) is 5. The first kappa shape index (κ1) is 18.5. The Labute approximate surface area is 168 Å². The van der Waals surface area contributed by atoms with Crippen LogP contribution in [0.4, 0.5) is 0 Å². The number of carbonyl (C=O) groups is 1. The lowest BCUT2D eigenvalue weighted by Gasteiger charge is -2.35. The van der Waals surface area contributed by atoms with E-state index < -0.39 is 0 Å². The summed E-state index contributed by atoms with van der Waals surface area (Å²) in [5.41, 5.74) is 3.95. The molecule has 1 fully saturated rings. The maximum atomic E-state index is 12.8. The largest absolute Gasteiger partial charge is 0.455 e. The highest BCUT2D eigenvalue weighted by Gasteiger charge is 2.32. The molecule has 0 aliphatic carbocycles. The molecule has 0 bridgehead atoms. The second-order valence-corrected chi connectivity index (χ2v) is 7.23. The van der Waals surface area contributed by atoms with Crippen molar-refractivity contribution < 1.29 is 9.53 Å². The standard InChI is InChI=1S/C22H19N5O2/c1-14-9-16(5-7-23)3-4-19(14)29-20-6-8-25-27-13-18(15(2)21(20)27)22(28)26-11-17(10-24)12-26/h3-4,6,8-9,13,17H,5,11-12H2,1-2H3. The summed E-state index contributed by atoms with van der Waals surface area (Å²) in [7, 11) is 0. The van der Waals surface area contributed by atoms with Crippen LogP contribution < -0.4 is 4.74 Å². The van der Waals surface area contributed by atoms with E-state index in [1.54, 1.807) is 27.9 Å². The fraction of sp³-hybridized carbons (Fsp3) is 0.273. The highest BCUT2D eigenvalue weighted by molar-refractivity contribution is 5.98. The number of amides is 1. The predicted molar refractivity (Wildman–Crippen MR) is 106 cm³/mol. The molecule has 1 aliphatic heterocycles. The van der Waals surface area contributed by atoms with Crippen LogP contribution in [0, 0.1) is 42.4 Å². The normalized spacial score (nSPS) is 13.6. The number of hydrogen-bond donors (Lipinski definition) is 0. The number of nitriles is 2. The number of benzene rings is 1. The lowest BCUT2D eigenvalue weighted by Crippen LogP contribution is -2.49. The van der Waals surface area contributed by atoms with Crippen molar-refractivity contribution >= 4 is 11.4 Å². The first-order valence-electron chi connectivity index (χ1n) is 9.32. The van der Waals surface area contributed by atoms with Crippen molar-refractivity contribution in [2.45, 2.75) is 20.3 Å². The Balaban J connectivity index is 1.66. The van der Waals surface area contributed by atoms with Crippen LogP contribution in [0.1, 0.15) is 27.0 Å². The first-order chi connectivity index (χ1) is 14.0. The first-order valence-corrected chi connectivity index (χ1v) is 9.32. The lowest BCUT2D eigenvalue weighted by atomic mass is 10.0. The Morgan fingerprint density at radius 2 is 2.03 bits per heavy atom. The van der Waals surface area contributed by atoms with Gasteiger partial charge in [0.05, 0.1) is 36.2 Å². The van der Waals surface area contributed by atoms with Crippen LogP contribution in [0.3, 0.4) is 0 Å². The minimum atomic E-state index is -0.0949. The molecular formula is C22H19N5O2. The van der Waals surface area contributed by atoms with E-state index in [9.17, 15) is 4.79 Å². The molecule has 0 unspecified atom stereocenters. The lowest BCUT2D eigenvalue weighted by molar-refractivity contribution is 0.0576. The molecular weight excluding hydrogens is 366 g/mol. The third-order valence-electron chi connectivity index (χ3n) is 5.21. The molecule has 4 rings (SSSR count). The van der Waals surface area contributed by atoms with Crippen molar-refractivity contribution in [3.8, 4) is 23.6 Å². The monoisotopic (exact) mass is 385 g/mol. The van der Waals surface area contributed by atoms with E-state index in [0.29, 0.717) is 36.6 Å². The van der Waals surface area contributed by atoms with Gasteiger partial charge in [0, 0.05) is 25.4 Å². The number of rotatable bonds is 4. The second-order valence-electron chi connectivity index (χ2n) is 7.23. The molecule has 7 heteroatoms. The van der Waals surface area contributed by atoms with Gasteiger partial charge in [-0.15, -0.1) is 0 Å². The molecule has 7 nitrogen and oxygen atoms in total. The van der Waals surface area contributed by atoms with Crippen molar-refractivity contribution in [1.29, 1.82) is 10.5 Å². The molecule has 0 radical (unpaired) electrons. The van der Waals surface area contributed by atoms with Gasteiger partial charge in [-0.2, -0.15) is 15.6 Å². The average molecular weight is 385 g/mol. The number of likely N-dealkylation sites (tertiary alicyclic amines) is 1. The third-order valence-corrected chi connectivity index (χ3v) is 5.21. The highest BCUT2D eigenvalue weighted by atomic mass is 16.5. The zero-order chi connectivity index (χ0) is 20.5. The van der Waals surface area contributed by atoms with Crippen molar-refractivity contribution in [3.05, 3.63) is 58.9 Å². The SMILES string of the molecule is Cc1cc(CC#N)ccc1Oc1ccnn2cc(C(=O)N3CC(C#N)C3)c(C)c12. The molecule has 1 aromatic carbocycles. The average Bonchev–Trinajstić information content (AvgIpc) is 3.01. The van der Waals surface area contributed by atoms with Crippen LogP contribution in [0.15, 0.2) is 36.7 Å². The van der Waals surface area contributed by atoms with Crippen molar-refractivity contribution in [2.24, 2.45) is 5.92 Å². The van der Waals surface area contributed by atoms with E-state index in [1.165, 1.54) is 0 Å². The van der Waals surface area contributed by atoms with Gasteiger partial charge < -0.3 is 9.64 Å². The van der Waals surface area contributed by atoms with Crippen LogP contribution >= 0.6 is 0 Å². The second kappa shape index (κ2) is 7.29. The van der Waals surface area contributed by atoms with E-state index >= 15 is 0 Å². The summed E-state index contributed by atoms with van der Waals surface area (Å²) in [6.07, 6.45) is 3.69. The topological polar surface area (TPSA) is 94.4 Å². The molecule has 0 N–H and O–H groups in total. The van der Waals surface area contributed by atoms with E-state index in [1.807, 2.05) is 32.0 Å². The van der Waals surface area contributed by atoms with Gasteiger partial charge in [-0.05, 0) is 36.6 Å².